The molecule has 6 nitrogen and oxygen atoms in total. The number of esters is 2. The minimum atomic E-state index is -0.455. The molecule has 0 amide bonds. The predicted octanol–water partition coefficient (Wildman–Crippen LogP) is 1.11. The molecule has 2 aliphatic rings. The van der Waals surface area contributed by atoms with Crippen molar-refractivity contribution in [2.75, 3.05) is 26.4 Å². The first-order chi connectivity index (χ1) is 10.1. The van der Waals surface area contributed by atoms with Crippen LogP contribution in [0.2, 0.25) is 0 Å². The number of hydrogen-bond acceptors (Lipinski definition) is 6. The number of ether oxygens (including phenoxy) is 4. The normalized spacial score (nSPS) is 22.5. The van der Waals surface area contributed by atoms with E-state index in [1.165, 1.54) is 0 Å². The van der Waals surface area contributed by atoms with Gasteiger partial charge < -0.3 is 18.9 Å². The molecule has 0 aliphatic carbocycles. The van der Waals surface area contributed by atoms with E-state index >= 15 is 0 Å². The van der Waals surface area contributed by atoms with Crippen molar-refractivity contribution in [2.45, 2.75) is 19.1 Å². The van der Waals surface area contributed by atoms with Crippen LogP contribution in [0.4, 0.5) is 0 Å². The molecule has 2 aliphatic heterocycles. The lowest BCUT2D eigenvalue weighted by Crippen LogP contribution is -2.15. The average molecular weight is 292 g/mol. The quantitative estimate of drug-likeness (QED) is 0.577. The standard InChI is InChI=1S/C15H16O6/c1-9-12(14(16)20-7-10-5-18-10)3-2-4-13(9)15(17)21-8-11-6-19-11/h2-4,10-11H,5-8H2,1H3. The minimum Gasteiger partial charge on any atom is -0.459 e. The van der Waals surface area contributed by atoms with Crippen molar-refractivity contribution < 1.29 is 28.5 Å². The van der Waals surface area contributed by atoms with Crippen molar-refractivity contribution in [3.05, 3.63) is 34.9 Å². The topological polar surface area (TPSA) is 77.7 Å². The van der Waals surface area contributed by atoms with Gasteiger partial charge in [0.2, 0.25) is 0 Å². The predicted molar refractivity (Wildman–Crippen MR) is 71.2 cm³/mol. The molecule has 6 heteroatoms. The van der Waals surface area contributed by atoms with Crippen LogP contribution in [0.1, 0.15) is 26.3 Å². The van der Waals surface area contributed by atoms with Crippen molar-refractivity contribution >= 4 is 11.9 Å². The Morgan fingerprint density at radius 2 is 1.48 bits per heavy atom. The summed E-state index contributed by atoms with van der Waals surface area (Å²) >= 11 is 0. The molecule has 21 heavy (non-hydrogen) atoms. The molecule has 2 saturated heterocycles. The summed E-state index contributed by atoms with van der Waals surface area (Å²) in [4.78, 5) is 24.0. The number of carbonyl (C=O) groups excluding carboxylic acids is 2. The highest BCUT2D eigenvalue weighted by Crippen LogP contribution is 2.18. The van der Waals surface area contributed by atoms with Gasteiger partial charge in [0, 0.05) is 0 Å². The van der Waals surface area contributed by atoms with Gasteiger partial charge in [0.15, 0.2) is 0 Å². The number of benzene rings is 1. The second-order valence-electron chi connectivity index (χ2n) is 5.09. The Morgan fingerprint density at radius 1 is 1.05 bits per heavy atom. The Bertz CT molecular complexity index is 513. The molecular formula is C15H16O6. The summed E-state index contributed by atoms with van der Waals surface area (Å²) in [5.41, 5.74) is 1.29. The monoisotopic (exact) mass is 292 g/mol. The van der Waals surface area contributed by atoms with Gasteiger partial charge in [0.1, 0.15) is 25.4 Å². The van der Waals surface area contributed by atoms with Gasteiger partial charge in [-0.3, -0.25) is 0 Å². The second kappa shape index (κ2) is 5.83. The van der Waals surface area contributed by atoms with E-state index < -0.39 is 11.9 Å². The van der Waals surface area contributed by atoms with Crippen LogP contribution in [0.3, 0.4) is 0 Å². The molecule has 0 bridgehead atoms. The van der Waals surface area contributed by atoms with Gasteiger partial charge in [0.25, 0.3) is 0 Å². The largest absolute Gasteiger partial charge is 0.459 e. The van der Waals surface area contributed by atoms with Crippen LogP contribution < -0.4 is 0 Å². The molecule has 0 spiro atoms. The van der Waals surface area contributed by atoms with Gasteiger partial charge in [0.05, 0.1) is 24.3 Å². The molecule has 2 atom stereocenters. The van der Waals surface area contributed by atoms with Gasteiger partial charge in [-0.15, -0.1) is 0 Å². The molecular weight excluding hydrogens is 276 g/mol. The van der Waals surface area contributed by atoms with E-state index in [0.29, 0.717) is 29.9 Å². The smallest absolute Gasteiger partial charge is 0.338 e. The summed E-state index contributed by atoms with van der Waals surface area (Å²) in [5.74, 6) is -0.911. The second-order valence-corrected chi connectivity index (χ2v) is 5.09. The fraction of sp³-hybridized carbons (Fsp3) is 0.467. The maximum Gasteiger partial charge on any atom is 0.338 e. The first kappa shape index (κ1) is 14.0. The Morgan fingerprint density at radius 3 is 1.86 bits per heavy atom. The maximum absolute atomic E-state index is 12.0. The summed E-state index contributed by atoms with van der Waals surface area (Å²) in [6.07, 6.45) is 0.0295. The number of rotatable bonds is 6. The fourth-order valence-electron chi connectivity index (χ4n) is 1.90. The lowest BCUT2D eigenvalue weighted by atomic mass is 10.0. The third-order valence-corrected chi connectivity index (χ3v) is 3.38. The SMILES string of the molecule is Cc1c(C(=O)OCC2CO2)cccc1C(=O)OCC1CO1. The first-order valence-electron chi connectivity index (χ1n) is 6.82. The van der Waals surface area contributed by atoms with Gasteiger partial charge in [-0.05, 0) is 24.6 Å². The zero-order valence-electron chi connectivity index (χ0n) is 11.7. The van der Waals surface area contributed by atoms with Gasteiger partial charge >= 0.3 is 11.9 Å². The van der Waals surface area contributed by atoms with Crippen LogP contribution in [0.15, 0.2) is 18.2 Å². The van der Waals surface area contributed by atoms with E-state index in [2.05, 4.69) is 0 Å². The van der Waals surface area contributed by atoms with Gasteiger partial charge in [-0.1, -0.05) is 6.07 Å². The summed E-state index contributed by atoms with van der Waals surface area (Å²) < 4.78 is 20.2. The van der Waals surface area contributed by atoms with Crippen LogP contribution in [0.25, 0.3) is 0 Å². The molecule has 112 valence electrons. The van der Waals surface area contributed by atoms with Crippen molar-refractivity contribution in [3.63, 3.8) is 0 Å². The lowest BCUT2D eigenvalue weighted by Gasteiger charge is -2.10. The third kappa shape index (κ3) is 3.59. The first-order valence-corrected chi connectivity index (χ1v) is 6.82. The highest BCUT2D eigenvalue weighted by molar-refractivity contribution is 5.97. The molecule has 0 N–H and O–H groups in total. The molecule has 2 unspecified atom stereocenters. The summed E-state index contributed by atoms with van der Waals surface area (Å²) in [6.45, 7) is 3.44. The van der Waals surface area contributed by atoms with Crippen molar-refractivity contribution in [1.29, 1.82) is 0 Å². The summed E-state index contributed by atoms with van der Waals surface area (Å²) in [6, 6.07) is 4.90. The Hall–Kier alpha value is -1.92. The average Bonchev–Trinajstić information content (AvgIpc) is 3.37. The molecule has 2 heterocycles. The van der Waals surface area contributed by atoms with Crippen LogP contribution in [0, 0.1) is 6.92 Å². The van der Waals surface area contributed by atoms with E-state index in [0.717, 1.165) is 0 Å². The minimum absolute atomic E-state index is 0.0148. The molecule has 0 aromatic heterocycles. The molecule has 1 aromatic rings. The Labute approximate surface area is 121 Å². The Balaban J connectivity index is 1.67. The van der Waals surface area contributed by atoms with E-state index in [9.17, 15) is 9.59 Å². The molecule has 3 rings (SSSR count). The molecule has 2 fully saturated rings. The summed E-state index contributed by atoms with van der Waals surface area (Å²) in [7, 11) is 0. The van der Waals surface area contributed by atoms with Crippen LogP contribution in [0.5, 0.6) is 0 Å². The highest BCUT2D eigenvalue weighted by Gasteiger charge is 2.27. The van der Waals surface area contributed by atoms with E-state index in [-0.39, 0.29) is 25.4 Å². The van der Waals surface area contributed by atoms with Gasteiger partial charge in [-0.2, -0.15) is 0 Å². The highest BCUT2D eigenvalue weighted by atomic mass is 16.6. The zero-order valence-corrected chi connectivity index (χ0v) is 11.7. The third-order valence-electron chi connectivity index (χ3n) is 3.38. The lowest BCUT2D eigenvalue weighted by molar-refractivity contribution is 0.0472. The zero-order chi connectivity index (χ0) is 14.8. The van der Waals surface area contributed by atoms with Crippen molar-refractivity contribution in [1.82, 2.24) is 0 Å². The van der Waals surface area contributed by atoms with Gasteiger partial charge in [-0.25, -0.2) is 9.59 Å². The molecule has 0 saturated carbocycles. The van der Waals surface area contributed by atoms with Crippen molar-refractivity contribution in [2.24, 2.45) is 0 Å². The van der Waals surface area contributed by atoms with Crippen molar-refractivity contribution in [3.8, 4) is 0 Å². The van der Waals surface area contributed by atoms with Crippen LogP contribution in [-0.2, 0) is 18.9 Å². The van der Waals surface area contributed by atoms with E-state index in [1.807, 2.05) is 0 Å². The Kier molecular flexibility index (Phi) is 3.90. The molecule has 1 aromatic carbocycles. The number of hydrogen-bond donors (Lipinski definition) is 0. The van der Waals surface area contributed by atoms with E-state index in [1.54, 1.807) is 25.1 Å². The van der Waals surface area contributed by atoms with Crippen LogP contribution >= 0.6 is 0 Å². The summed E-state index contributed by atoms with van der Waals surface area (Å²) in [5, 5.41) is 0. The maximum atomic E-state index is 12.0. The van der Waals surface area contributed by atoms with Crippen LogP contribution in [-0.4, -0.2) is 50.6 Å². The molecule has 0 radical (unpaired) electrons. The number of carbonyl (C=O) groups is 2. The fourth-order valence-corrected chi connectivity index (χ4v) is 1.90. The van der Waals surface area contributed by atoms with E-state index in [4.69, 9.17) is 18.9 Å². The number of epoxide rings is 2.